The summed E-state index contributed by atoms with van der Waals surface area (Å²) in [5, 5.41) is 24.5. The molecule has 0 aliphatic heterocycles. The minimum Gasteiger partial charge on any atom is -0.503 e. The number of amides is 1. The molecule has 1 amide bonds. The summed E-state index contributed by atoms with van der Waals surface area (Å²) in [4.78, 5) is 23.3. The number of ether oxygens (including phenoxy) is 5. The number of rotatable bonds is 11. The normalized spacial score (nSPS) is 10.9. The van der Waals surface area contributed by atoms with Gasteiger partial charge < -0.3 is 34.1 Å². The Morgan fingerprint density at radius 2 is 1.41 bits per heavy atom. The number of anilines is 1. The zero-order valence-electron chi connectivity index (χ0n) is 22.0. The number of phenols is 1. The molecule has 0 aromatic heterocycles. The van der Waals surface area contributed by atoms with Gasteiger partial charge in [-0.3, -0.25) is 14.9 Å². The summed E-state index contributed by atoms with van der Waals surface area (Å²) in [6.45, 7) is 0. The maximum absolute atomic E-state index is 12.8. The number of aromatic hydroxyl groups is 1. The minimum absolute atomic E-state index is 0.0622. The predicted octanol–water partition coefficient (Wildman–Crippen LogP) is 5.17. The summed E-state index contributed by atoms with van der Waals surface area (Å²) in [6, 6.07) is 11.0. The zero-order valence-corrected chi connectivity index (χ0v) is 22.0. The van der Waals surface area contributed by atoms with Gasteiger partial charge >= 0.3 is 5.69 Å². The van der Waals surface area contributed by atoms with E-state index in [2.05, 4.69) is 5.32 Å². The van der Waals surface area contributed by atoms with Crippen LogP contribution in [0.5, 0.6) is 34.5 Å². The quantitative estimate of drug-likeness (QED) is 0.112. The highest BCUT2D eigenvalue weighted by atomic mass is 16.6. The second-order valence-corrected chi connectivity index (χ2v) is 7.88. The maximum atomic E-state index is 12.8. The molecule has 0 unspecified atom stereocenters. The Hall–Kier alpha value is -5.19. The molecule has 0 radical (unpaired) electrons. The summed E-state index contributed by atoms with van der Waals surface area (Å²) < 4.78 is 26.4. The largest absolute Gasteiger partial charge is 0.503 e. The first-order chi connectivity index (χ1) is 18.8. The Labute approximate surface area is 225 Å². The van der Waals surface area contributed by atoms with E-state index in [4.69, 9.17) is 23.7 Å². The molecule has 0 saturated carbocycles. The number of hydrogen-bond donors (Lipinski definition) is 2. The smallest absolute Gasteiger partial charge is 0.310 e. The van der Waals surface area contributed by atoms with Crippen LogP contribution in [-0.4, -0.2) is 51.5 Å². The van der Waals surface area contributed by atoms with Crippen LogP contribution >= 0.6 is 0 Å². The first-order valence-electron chi connectivity index (χ1n) is 11.5. The molecule has 11 nitrogen and oxygen atoms in total. The lowest BCUT2D eigenvalue weighted by Crippen LogP contribution is -2.09. The third kappa shape index (κ3) is 6.58. The van der Waals surface area contributed by atoms with E-state index in [0.717, 1.165) is 0 Å². The fraction of sp³-hybridized carbons (Fsp3) is 0.179. The number of nitrogens with zero attached hydrogens (tertiary/aromatic N) is 1. The van der Waals surface area contributed by atoms with Crippen LogP contribution < -0.4 is 29.0 Å². The molecule has 0 bridgehead atoms. The third-order valence-corrected chi connectivity index (χ3v) is 5.61. The van der Waals surface area contributed by atoms with Crippen molar-refractivity contribution in [3.05, 3.63) is 75.3 Å². The van der Waals surface area contributed by atoms with E-state index in [-0.39, 0.29) is 28.6 Å². The molecule has 0 aliphatic carbocycles. The Bertz CT molecular complexity index is 1410. The second-order valence-electron chi connectivity index (χ2n) is 7.88. The molecule has 3 rings (SSSR count). The fourth-order valence-corrected chi connectivity index (χ4v) is 3.69. The van der Waals surface area contributed by atoms with Crippen LogP contribution in [-0.2, 0) is 4.79 Å². The van der Waals surface area contributed by atoms with Crippen molar-refractivity contribution in [2.75, 3.05) is 40.9 Å². The lowest BCUT2D eigenvalue weighted by Gasteiger charge is -2.14. The van der Waals surface area contributed by atoms with Gasteiger partial charge in [0, 0.05) is 17.7 Å². The Morgan fingerprint density at radius 1 is 0.795 bits per heavy atom. The average Bonchev–Trinajstić information content (AvgIpc) is 2.95. The van der Waals surface area contributed by atoms with Gasteiger partial charge in [-0.15, -0.1) is 0 Å². The number of phenolic OH excluding ortho intramolecular Hbond substituents is 1. The Morgan fingerprint density at radius 3 is 1.97 bits per heavy atom. The van der Waals surface area contributed by atoms with E-state index in [1.165, 1.54) is 65.9 Å². The molecule has 0 fully saturated rings. The maximum Gasteiger partial charge on any atom is 0.310 e. The molecule has 11 heteroatoms. The van der Waals surface area contributed by atoms with E-state index < -0.39 is 10.8 Å². The van der Waals surface area contributed by atoms with Crippen molar-refractivity contribution in [1.82, 2.24) is 0 Å². The Balaban J connectivity index is 1.92. The molecule has 0 spiro atoms. The molecule has 3 aromatic carbocycles. The summed E-state index contributed by atoms with van der Waals surface area (Å²) in [5.74, 6) is 0.795. The lowest BCUT2D eigenvalue weighted by atomic mass is 10.1. The van der Waals surface area contributed by atoms with Crippen molar-refractivity contribution in [1.29, 1.82) is 0 Å². The molecule has 2 N–H and O–H groups in total. The molecule has 204 valence electrons. The zero-order chi connectivity index (χ0) is 28.5. The van der Waals surface area contributed by atoms with E-state index in [1.54, 1.807) is 36.4 Å². The van der Waals surface area contributed by atoms with E-state index in [0.29, 0.717) is 33.9 Å². The van der Waals surface area contributed by atoms with Crippen molar-refractivity contribution in [3.63, 3.8) is 0 Å². The van der Waals surface area contributed by atoms with Crippen LogP contribution in [0.2, 0.25) is 0 Å². The molecule has 0 aliphatic rings. The number of methoxy groups -OCH3 is 5. The van der Waals surface area contributed by atoms with Crippen LogP contribution in [0.1, 0.15) is 16.7 Å². The lowest BCUT2D eigenvalue weighted by molar-refractivity contribution is -0.385. The number of nitro groups is 1. The summed E-state index contributed by atoms with van der Waals surface area (Å²) >= 11 is 0. The molecule has 3 aromatic rings. The van der Waals surface area contributed by atoms with Gasteiger partial charge in [0.2, 0.25) is 11.7 Å². The monoisotopic (exact) mass is 536 g/mol. The number of nitro benzene ring substituents is 1. The topological polar surface area (TPSA) is 139 Å². The van der Waals surface area contributed by atoms with E-state index in [1.807, 2.05) is 0 Å². The van der Waals surface area contributed by atoms with Crippen LogP contribution in [0.3, 0.4) is 0 Å². The van der Waals surface area contributed by atoms with E-state index in [9.17, 15) is 20.0 Å². The van der Waals surface area contributed by atoms with Crippen molar-refractivity contribution in [3.8, 4) is 34.5 Å². The summed E-state index contributed by atoms with van der Waals surface area (Å²) in [7, 11) is 7.26. The van der Waals surface area contributed by atoms with Crippen molar-refractivity contribution < 1.29 is 38.5 Å². The molecular weight excluding hydrogens is 508 g/mol. The SMILES string of the molecule is COc1cc(/C=C/C(=O)Nc2c(/C=C\c3cc(OC)c(OC)c(OC)c3)ccc(OC)c2O)ccc1[N+](=O)[O-]. The highest BCUT2D eigenvalue weighted by Gasteiger charge is 2.16. The Kier molecular flexibility index (Phi) is 9.36. The van der Waals surface area contributed by atoms with Crippen LogP contribution in [0, 0.1) is 10.1 Å². The number of hydrogen-bond acceptors (Lipinski definition) is 9. The first kappa shape index (κ1) is 28.4. The predicted molar refractivity (Wildman–Crippen MR) is 147 cm³/mol. The minimum atomic E-state index is -0.558. The van der Waals surface area contributed by atoms with Gasteiger partial charge in [-0.05, 0) is 53.6 Å². The van der Waals surface area contributed by atoms with Gasteiger partial charge in [-0.2, -0.15) is 0 Å². The third-order valence-electron chi connectivity index (χ3n) is 5.61. The number of nitrogens with one attached hydrogen (secondary N) is 1. The highest BCUT2D eigenvalue weighted by Crippen LogP contribution is 2.40. The van der Waals surface area contributed by atoms with Crippen LogP contribution in [0.25, 0.3) is 18.2 Å². The number of carbonyl (C=O) groups is 1. The van der Waals surface area contributed by atoms with Gasteiger partial charge in [0.1, 0.15) is 0 Å². The molecule has 0 heterocycles. The summed E-state index contributed by atoms with van der Waals surface area (Å²) in [5.41, 5.74) is 1.63. The van der Waals surface area contributed by atoms with Crippen LogP contribution in [0.15, 0.2) is 48.5 Å². The average molecular weight is 537 g/mol. The van der Waals surface area contributed by atoms with Gasteiger partial charge in [0.15, 0.2) is 28.7 Å². The van der Waals surface area contributed by atoms with Crippen LogP contribution in [0.4, 0.5) is 11.4 Å². The fourth-order valence-electron chi connectivity index (χ4n) is 3.69. The first-order valence-corrected chi connectivity index (χ1v) is 11.5. The van der Waals surface area contributed by atoms with Gasteiger partial charge in [0.05, 0.1) is 46.2 Å². The second kappa shape index (κ2) is 12.9. The van der Waals surface area contributed by atoms with Gasteiger partial charge in [-0.25, -0.2) is 0 Å². The standard InChI is InChI=1S/C28H28N2O9/c1-35-21-12-10-19(9-6-18-15-23(37-3)28(39-5)24(16-18)38-4)26(27(21)32)29-25(31)13-8-17-7-11-20(30(33)34)22(14-17)36-2/h6-16,32H,1-5H3,(H,29,31)/b9-6-,13-8+. The molecule has 0 saturated heterocycles. The van der Waals surface area contributed by atoms with Crippen molar-refractivity contribution >= 4 is 35.5 Å². The highest BCUT2D eigenvalue weighted by molar-refractivity contribution is 6.04. The van der Waals surface area contributed by atoms with Crippen molar-refractivity contribution in [2.45, 2.75) is 0 Å². The molecule has 39 heavy (non-hydrogen) atoms. The van der Waals surface area contributed by atoms with E-state index >= 15 is 0 Å². The molecular formula is C28H28N2O9. The number of benzene rings is 3. The summed E-state index contributed by atoms with van der Waals surface area (Å²) in [6.07, 6.45) is 6.14. The van der Waals surface area contributed by atoms with Gasteiger partial charge in [-0.1, -0.05) is 12.2 Å². The van der Waals surface area contributed by atoms with Gasteiger partial charge in [0.25, 0.3) is 0 Å². The van der Waals surface area contributed by atoms with Crippen molar-refractivity contribution in [2.24, 2.45) is 0 Å². The molecule has 0 atom stereocenters. The number of carbonyl (C=O) groups excluding carboxylic acids is 1.